The lowest BCUT2D eigenvalue weighted by molar-refractivity contribution is -0.235. The van der Waals surface area contributed by atoms with Gasteiger partial charge >= 0.3 is 0 Å². The third-order valence-corrected chi connectivity index (χ3v) is 4.69. The van der Waals surface area contributed by atoms with Crippen molar-refractivity contribution in [3.05, 3.63) is 29.8 Å². The van der Waals surface area contributed by atoms with Crippen LogP contribution in [0.1, 0.15) is 30.7 Å². The maximum absolute atomic E-state index is 5.74. The summed E-state index contributed by atoms with van der Waals surface area (Å²) in [6, 6.07) is 8.73. The van der Waals surface area contributed by atoms with Crippen LogP contribution in [0.25, 0.3) is 0 Å². The Hall–Kier alpha value is -0.730. The van der Waals surface area contributed by atoms with Gasteiger partial charge < -0.3 is 9.47 Å². The van der Waals surface area contributed by atoms with E-state index in [2.05, 4.69) is 24.3 Å². The lowest BCUT2D eigenvalue weighted by atomic mass is 9.84. The number of rotatable bonds is 3. The Kier molecular flexibility index (Phi) is 2.37. The van der Waals surface area contributed by atoms with Crippen LogP contribution in [0.15, 0.2) is 24.3 Å². The van der Waals surface area contributed by atoms with Crippen molar-refractivity contribution in [2.24, 2.45) is 11.8 Å². The molecule has 1 aromatic rings. The second kappa shape index (κ2) is 3.64. The van der Waals surface area contributed by atoms with Gasteiger partial charge in [-0.25, -0.2) is 12.1 Å². The molecular weight excluding hydrogens is 200 g/mol. The summed E-state index contributed by atoms with van der Waals surface area (Å²) >= 11 is 0. The van der Waals surface area contributed by atoms with Crippen LogP contribution < -0.4 is 0 Å². The summed E-state index contributed by atoms with van der Waals surface area (Å²) in [6.45, 7) is 0. The summed E-state index contributed by atoms with van der Waals surface area (Å²) in [7, 11) is 3.59. The van der Waals surface area contributed by atoms with Crippen LogP contribution in [0.2, 0.25) is 0 Å². The predicted octanol–water partition coefficient (Wildman–Crippen LogP) is 2.91. The highest BCUT2D eigenvalue weighted by molar-refractivity contribution is 5.26. The molecule has 0 spiro atoms. The van der Waals surface area contributed by atoms with Crippen LogP contribution >= 0.6 is 0 Å². The van der Waals surface area contributed by atoms with Crippen LogP contribution in [0.5, 0.6) is 0 Å². The van der Waals surface area contributed by atoms with E-state index in [4.69, 9.17) is 9.47 Å². The topological polar surface area (TPSA) is 18.5 Å². The fourth-order valence-electron chi connectivity index (χ4n) is 4.04. The highest BCUT2D eigenvalue weighted by Crippen LogP contribution is 2.60. The van der Waals surface area contributed by atoms with Crippen molar-refractivity contribution < 1.29 is 9.47 Å². The fourth-order valence-corrected chi connectivity index (χ4v) is 4.04. The third kappa shape index (κ3) is 1.17. The zero-order valence-electron chi connectivity index (χ0n) is 9.98. The van der Waals surface area contributed by atoms with E-state index in [9.17, 15) is 0 Å². The number of hydrogen-bond acceptors (Lipinski definition) is 2. The lowest BCUT2D eigenvalue weighted by Crippen LogP contribution is -2.39. The monoisotopic (exact) mass is 219 g/mol. The van der Waals surface area contributed by atoms with Gasteiger partial charge in [0, 0.05) is 26.1 Å². The maximum atomic E-state index is 5.74. The molecule has 0 radical (unpaired) electrons. The fraction of sp³-hybridized carbons (Fsp3) is 0.643. The SMILES string of the molecule is COC1(OC)C2CCC1C(c1ccc[cH-]1)C2. The standard InChI is InChI=1S/C14H19O2/c1-15-14(16-2)11-7-8-13(14)12(9-11)10-5-3-4-6-10/h3-6,11-13H,7-9H2,1-2H3/q-1. The molecule has 2 fully saturated rings. The Balaban J connectivity index is 1.93. The van der Waals surface area contributed by atoms with E-state index in [1.165, 1.54) is 24.8 Å². The number of methoxy groups -OCH3 is 2. The molecule has 0 aromatic heterocycles. The highest BCUT2D eigenvalue weighted by atomic mass is 16.7. The smallest absolute Gasteiger partial charge is 0.173 e. The normalized spacial score (nSPS) is 35.8. The molecule has 88 valence electrons. The van der Waals surface area contributed by atoms with Crippen molar-refractivity contribution >= 4 is 0 Å². The molecule has 0 N–H and O–H groups in total. The van der Waals surface area contributed by atoms with Crippen molar-refractivity contribution in [3.8, 4) is 0 Å². The minimum atomic E-state index is -0.304. The Labute approximate surface area is 96.9 Å². The van der Waals surface area contributed by atoms with E-state index in [1.54, 1.807) is 14.2 Å². The molecule has 0 saturated heterocycles. The molecular formula is C14H19O2-. The molecule has 3 atom stereocenters. The first-order chi connectivity index (χ1) is 7.81. The molecule has 3 rings (SSSR count). The molecule has 2 aliphatic carbocycles. The lowest BCUT2D eigenvalue weighted by Gasteiger charge is -2.33. The number of ether oxygens (including phenoxy) is 2. The molecule has 0 heterocycles. The van der Waals surface area contributed by atoms with Crippen LogP contribution in [-0.2, 0) is 9.47 Å². The molecule has 3 unspecified atom stereocenters. The Morgan fingerprint density at radius 1 is 1.31 bits per heavy atom. The summed E-state index contributed by atoms with van der Waals surface area (Å²) in [5, 5.41) is 0. The average Bonchev–Trinajstić information content (AvgIpc) is 3.03. The van der Waals surface area contributed by atoms with Crippen molar-refractivity contribution in [2.75, 3.05) is 14.2 Å². The number of fused-ring (bicyclic) bond motifs is 2. The van der Waals surface area contributed by atoms with Gasteiger partial charge in [-0.2, -0.15) is 17.7 Å². The third-order valence-electron chi connectivity index (χ3n) is 4.69. The molecule has 2 heteroatoms. The van der Waals surface area contributed by atoms with Crippen molar-refractivity contribution in [1.29, 1.82) is 0 Å². The van der Waals surface area contributed by atoms with Crippen LogP contribution in [0.4, 0.5) is 0 Å². The summed E-state index contributed by atoms with van der Waals surface area (Å²) in [6.07, 6.45) is 3.71. The van der Waals surface area contributed by atoms with E-state index in [0.29, 0.717) is 17.8 Å². The van der Waals surface area contributed by atoms with Crippen molar-refractivity contribution in [3.63, 3.8) is 0 Å². The quantitative estimate of drug-likeness (QED) is 0.575. The Morgan fingerprint density at radius 2 is 2.12 bits per heavy atom. The van der Waals surface area contributed by atoms with Crippen LogP contribution in [-0.4, -0.2) is 20.0 Å². The molecule has 0 amide bonds. The first-order valence-corrected chi connectivity index (χ1v) is 6.13. The summed E-state index contributed by atoms with van der Waals surface area (Å²) in [5.74, 6) is 1.44. The van der Waals surface area contributed by atoms with Gasteiger partial charge in [0.05, 0.1) is 0 Å². The largest absolute Gasteiger partial charge is 0.353 e. The molecule has 2 aliphatic rings. The second-order valence-electron chi connectivity index (χ2n) is 5.07. The Morgan fingerprint density at radius 3 is 2.69 bits per heavy atom. The Bertz CT molecular complexity index is 351. The molecule has 2 nitrogen and oxygen atoms in total. The summed E-state index contributed by atoms with van der Waals surface area (Å²) < 4.78 is 11.5. The van der Waals surface area contributed by atoms with Gasteiger partial charge in [-0.15, -0.1) is 0 Å². The minimum Gasteiger partial charge on any atom is -0.353 e. The van der Waals surface area contributed by atoms with E-state index in [-0.39, 0.29) is 5.79 Å². The second-order valence-corrected chi connectivity index (χ2v) is 5.07. The average molecular weight is 219 g/mol. The van der Waals surface area contributed by atoms with Crippen LogP contribution in [0, 0.1) is 11.8 Å². The van der Waals surface area contributed by atoms with Gasteiger partial charge in [0.25, 0.3) is 0 Å². The van der Waals surface area contributed by atoms with E-state index in [0.717, 1.165) is 0 Å². The minimum absolute atomic E-state index is 0.304. The first kappa shape index (κ1) is 10.4. The van der Waals surface area contributed by atoms with Crippen molar-refractivity contribution in [2.45, 2.75) is 31.0 Å². The molecule has 2 saturated carbocycles. The number of hydrogen-bond donors (Lipinski definition) is 0. The van der Waals surface area contributed by atoms with Crippen LogP contribution in [0.3, 0.4) is 0 Å². The summed E-state index contributed by atoms with van der Waals surface area (Å²) in [4.78, 5) is 0. The van der Waals surface area contributed by atoms with Gasteiger partial charge in [-0.05, 0) is 25.2 Å². The van der Waals surface area contributed by atoms with Gasteiger partial charge in [0.2, 0.25) is 0 Å². The maximum Gasteiger partial charge on any atom is 0.173 e. The molecule has 16 heavy (non-hydrogen) atoms. The summed E-state index contributed by atoms with van der Waals surface area (Å²) in [5.41, 5.74) is 1.46. The van der Waals surface area contributed by atoms with E-state index >= 15 is 0 Å². The van der Waals surface area contributed by atoms with Gasteiger partial charge in [0.1, 0.15) is 0 Å². The molecule has 2 bridgehead atoms. The predicted molar refractivity (Wildman–Crippen MR) is 62.4 cm³/mol. The van der Waals surface area contributed by atoms with Gasteiger partial charge in [-0.3, -0.25) is 0 Å². The molecule has 0 aliphatic heterocycles. The zero-order chi connectivity index (χ0) is 11.2. The molecule has 1 aromatic carbocycles. The zero-order valence-corrected chi connectivity index (χ0v) is 9.98. The highest BCUT2D eigenvalue weighted by Gasteiger charge is 2.59. The first-order valence-electron chi connectivity index (χ1n) is 6.13. The van der Waals surface area contributed by atoms with E-state index < -0.39 is 0 Å². The van der Waals surface area contributed by atoms with Gasteiger partial charge in [0.15, 0.2) is 5.79 Å². The van der Waals surface area contributed by atoms with Gasteiger partial charge in [-0.1, -0.05) is 0 Å². The van der Waals surface area contributed by atoms with E-state index in [1.807, 2.05) is 0 Å². The van der Waals surface area contributed by atoms with Crippen molar-refractivity contribution in [1.82, 2.24) is 0 Å².